The van der Waals surface area contributed by atoms with Crippen LogP contribution in [0.3, 0.4) is 0 Å². The largest absolute Gasteiger partial charge is 0.496 e. The lowest BCUT2D eigenvalue weighted by atomic mass is 9.89. The van der Waals surface area contributed by atoms with Crippen molar-refractivity contribution in [2.45, 2.75) is 25.0 Å². The molecular weight excluding hydrogens is 398 g/mol. The Bertz CT molecular complexity index is 1000. The minimum absolute atomic E-state index is 0.0622. The van der Waals surface area contributed by atoms with Gasteiger partial charge in [0.25, 0.3) is 5.91 Å². The summed E-state index contributed by atoms with van der Waals surface area (Å²) in [5, 5.41) is 11.4. The lowest BCUT2D eigenvalue weighted by Gasteiger charge is -2.25. The van der Waals surface area contributed by atoms with Crippen LogP contribution in [0.1, 0.15) is 18.4 Å². The van der Waals surface area contributed by atoms with Crippen molar-refractivity contribution in [3.63, 3.8) is 0 Å². The molecule has 1 aromatic carbocycles. The molecule has 1 aromatic rings. The fourth-order valence-electron chi connectivity index (χ4n) is 3.66. The molecule has 31 heavy (non-hydrogen) atoms. The number of rotatable bonds is 7. The fraction of sp³-hybridized carbons (Fsp3) is 0.304. The number of amides is 1. The first-order valence-corrected chi connectivity index (χ1v) is 10.1. The van der Waals surface area contributed by atoms with Gasteiger partial charge in [-0.15, -0.1) is 0 Å². The number of benzene rings is 1. The van der Waals surface area contributed by atoms with Crippen LogP contribution in [0.2, 0.25) is 0 Å². The van der Waals surface area contributed by atoms with E-state index < -0.39 is 6.04 Å². The first-order chi connectivity index (χ1) is 15.1. The Morgan fingerprint density at radius 3 is 2.94 bits per heavy atom. The summed E-state index contributed by atoms with van der Waals surface area (Å²) in [7, 11) is 1.48. The number of carbonyl (C=O) groups excluding carboxylic acids is 1. The predicted molar refractivity (Wildman–Crippen MR) is 116 cm³/mol. The van der Waals surface area contributed by atoms with Crippen LogP contribution in [0, 0.1) is 5.41 Å². The number of methoxy groups -OCH3 is 1. The van der Waals surface area contributed by atoms with Gasteiger partial charge in [-0.2, -0.15) is 0 Å². The van der Waals surface area contributed by atoms with Gasteiger partial charge in [-0.05, 0) is 36.3 Å². The summed E-state index contributed by atoms with van der Waals surface area (Å²) in [6.45, 7) is 0.598. The Morgan fingerprint density at radius 2 is 2.16 bits per heavy atom. The molecular formula is C23H25N3O5. The summed E-state index contributed by atoms with van der Waals surface area (Å²) in [4.78, 5) is 12.8. The second kappa shape index (κ2) is 9.09. The van der Waals surface area contributed by atoms with Crippen molar-refractivity contribution in [1.29, 1.82) is 5.41 Å². The predicted octanol–water partition coefficient (Wildman–Crippen LogP) is 2.42. The highest BCUT2D eigenvalue weighted by Crippen LogP contribution is 2.33. The molecule has 0 bridgehead atoms. The van der Waals surface area contributed by atoms with E-state index in [9.17, 15) is 4.79 Å². The molecule has 162 valence electrons. The number of hydrogen-bond acceptors (Lipinski definition) is 7. The highest BCUT2D eigenvalue weighted by molar-refractivity contribution is 6.12. The Balaban J connectivity index is 1.50. The van der Waals surface area contributed by atoms with E-state index in [0.717, 1.165) is 12.0 Å². The number of nitrogens with two attached hydrogens (primary N) is 1. The van der Waals surface area contributed by atoms with Crippen LogP contribution in [0.5, 0.6) is 11.5 Å². The van der Waals surface area contributed by atoms with E-state index in [1.54, 1.807) is 24.5 Å². The number of nitrogens with one attached hydrogen (secondary N) is 2. The summed E-state index contributed by atoms with van der Waals surface area (Å²) >= 11 is 0. The third-order valence-corrected chi connectivity index (χ3v) is 5.27. The highest BCUT2D eigenvalue weighted by Gasteiger charge is 2.29. The van der Waals surface area contributed by atoms with Crippen LogP contribution < -0.4 is 20.5 Å². The average Bonchev–Trinajstić information content (AvgIpc) is 3.46. The van der Waals surface area contributed by atoms with E-state index in [2.05, 4.69) is 5.32 Å². The molecule has 0 saturated carbocycles. The van der Waals surface area contributed by atoms with E-state index in [1.165, 1.54) is 7.11 Å². The third kappa shape index (κ3) is 4.49. The number of allylic oxidation sites excluding steroid dienone is 1. The molecule has 2 aliphatic heterocycles. The minimum Gasteiger partial charge on any atom is -0.496 e. The average molecular weight is 423 g/mol. The van der Waals surface area contributed by atoms with E-state index in [0.29, 0.717) is 41.4 Å². The van der Waals surface area contributed by atoms with Crippen LogP contribution >= 0.6 is 0 Å². The second-order valence-electron chi connectivity index (χ2n) is 7.34. The molecule has 0 spiro atoms. The van der Waals surface area contributed by atoms with Gasteiger partial charge in [0.05, 0.1) is 31.2 Å². The fourth-order valence-corrected chi connectivity index (χ4v) is 3.66. The maximum atomic E-state index is 12.8. The Morgan fingerprint density at radius 1 is 1.32 bits per heavy atom. The zero-order valence-corrected chi connectivity index (χ0v) is 17.2. The van der Waals surface area contributed by atoms with Crippen molar-refractivity contribution in [3.8, 4) is 11.5 Å². The highest BCUT2D eigenvalue weighted by atomic mass is 16.7. The maximum Gasteiger partial charge on any atom is 0.254 e. The van der Waals surface area contributed by atoms with Crippen molar-refractivity contribution in [2.75, 3.05) is 20.4 Å². The topological polar surface area (TPSA) is 116 Å². The quantitative estimate of drug-likeness (QED) is 0.580. The van der Waals surface area contributed by atoms with Gasteiger partial charge in [0.2, 0.25) is 6.79 Å². The first kappa shape index (κ1) is 20.7. The molecule has 0 saturated heterocycles. The molecule has 4 rings (SSSR count). The third-order valence-electron chi connectivity index (χ3n) is 5.27. The van der Waals surface area contributed by atoms with Crippen molar-refractivity contribution in [1.82, 2.24) is 5.32 Å². The van der Waals surface area contributed by atoms with Gasteiger partial charge in [-0.1, -0.05) is 18.2 Å². The van der Waals surface area contributed by atoms with Gasteiger partial charge < -0.3 is 35.4 Å². The van der Waals surface area contributed by atoms with Crippen LogP contribution in [0.4, 0.5) is 0 Å². The standard InChI is InChI=1S/C23H25N3O5/c1-28-22-16(23(27)26-12-15-3-2-10-29-15)6-8-18(25)21(22)17(24)7-4-14-5-9-19-20(11-14)31-13-30-19/h2,4-7,9-11,15,18,24H,3,8,12-13,25H2,1H3,(H,26,27)/b7-4+,24-17?. The molecule has 8 heteroatoms. The lowest BCUT2D eigenvalue weighted by Crippen LogP contribution is -2.37. The van der Waals surface area contributed by atoms with Crippen molar-refractivity contribution < 1.29 is 23.7 Å². The van der Waals surface area contributed by atoms with E-state index in [4.69, 9.17) is 30.1 Å². The lowest BCUT2D eigenvalue weighted by molar-refractivity contribution is -0.118. The number of fused-ring (bicyclic) bond motifs is 1. The molecule has 8 nitrogen and oxygen atoms in total. The van der Waals surface area contributed by atoms with Gasteiger partial charge in [0.1, 0.15) is 11.9 Å². The van der Waals surface area contributed by atoms with Crippen LogP contribution in [-0.2, 0) is 14.3 Å². The van der Waals surface area contributed by atoms with Crippen molar-refractivity contribution in [3.05, 3.63) is 65.2 Å². The molecule has 2 unspecified atom stereocenters. The zero-order chi connectivity index (χ0) is 21.8. The zero-order valence-electron chi connectivity index (χ0n) is 17.2. The number of carbonyl (C=O) groups is 1. The normalized spacial score (nSPS) is 21.8. The summed E-state index contributed by atoms with van der Waals surface area (Å²) in [6.07, 6.45) is 9.89. The van der Waals surface area contributed by atoms with E-state index in [-0.39, 0.29) is 24.5 Å². The van der Waals surface area contributed by atoms with Crippen LogP contribution in [-0.4, -0.2) is 44.2 Å². The molecule has 2 heterocycles. The number of hydrogen-bond donors (Lipinski definition) is 3. The van der Waals surface area contributed by atoms with Gasteiger partial charge in [0.15, 0.2) is 11.5 Å². The first-order valence-electron chi connectivity index (χ1n) is 10.1. The van der Waals surface area contributed by atoms with Crippen molar-refractivity contribution >= 4 is 17.7 Å². The Labute approximate surface area is 180 Å². The van der Waals surface area contributed by atoms with Crippen LogP contribution in [0.15, 0.2) is 59.6 Å². The summed E-state index contributed by atoms with van der Waals surface area (Å²) in [5.41, 5.74) is 8.19. The molecule has 0 radical (unpaired) electrons. The SMILES string of the molecule is COC1=C(C(=N)/C=C/c2ccc3c(c2)OCO3)C(N)CC=C1C(=O)NCC1CC=CO1. The van der Waals surface area contributed by atoms with E-state index >= 15 is 0 Å². The van der Waals surface area contributed by atoms with Crippen molar-refractivity contribution in [2.24, 2.45) is 5.73 Å². The molecule has 1 amide bonds. The minimum atomic E-state index is -0.442. The summed E-state index contributed by atoms with van der Waals surface area (Å²) in [6, 6.07) is 5.11. The van der Waals surface area contributed by atoms with E-state index in [1.807, 2.05) is 24.3 Å². The second-order valence-corrected chi connectivity index (χ2v) is 7.34. The maximum absolute atomic E-state index is 12.8. The Hall–Kier alpha value is -3.52. The molecule has 1 aliphatic carbocycles. The van der Waals surface area contributed by atoms with Gasteiger partial charge in [0, 0.05) is 18.0 Å². The van der Waals surface area contributed by atoms with Gasteiger partial charge in [-0.25, -0.2) is 0 Å². The van der Waals surface area contributed by atoms with Gasteiger partial charge >= 0.3 is 0 Å². The molecule has 4 N–H and O–H groups in total. The smallest absolute Gasteiger partial charge is 0.254 e. The summed E-state index contributed by atoms with van der Waals surface area (Å²) in [5.74, 6) is 1.42. The molecule has 3 aliphatic rings. The molecule has 0 fully saturated rings. The monoisotopic (exact) mass is 423 g/mol. The Kier molecular flexibility index (Phi) is 6.08. The summed E-state index contributed by atoms with van der Waals surface area (Å²) < 4.78 is 21.6. The molecule has 0 aromatic heterocycles. The van der Waals surface area contributed by atoms with Gasteiger partial charge in [-0.3, -0.25) is 4.79 Å². The number of ether oxygens (including phenoxy) is 4. The van der Waals surface area contributed by atoms with Crippen LogP contribution in [0.25, 0.3) is 6.08 Å². The molecule has 2 atom stereocenters.